The molecule has 0 aliphatic carbocycles. The van der Waals surface area contributed by atoms with Crippen LogP contribution in [0, 0.1) is 0 Å². The van der Waals surface area contributed by atoms with Crippen molar-refractivity contribution < 1.29 is 14.3 Å². The van der Waals surface area contributed by atoms with Crippen LogP contribution in [-0.2, 0) is 9.47 Å². The lowest BCUT2D eigenvalue weighted by Gasteiger charge is -2.30. The molecule has 2 aliphatic heterocycles. The number of thiocarbonyl (C=S) groups is 1. The molecule has 2 aromatic heterocycles. The second-order valence-electron chi connectivity index (χ2n) is 8.23. The number of nitrogens with zero attached hydrogens (tertiary/aromatic N) is 3. The summed E-state index contributed by atoms with van der Waals surface area (Å²) in [7, 11) is 1.40. The largest absolute Gasteiger partial charge is 0.465 e. The minimum Gasteiger partial charge on any atom is -0.465 e. The van der Waals surface area contributed by atoms with E-state index in [1.165, 1.54) is 7.11 Å². The molecule has 0 radical (unpaired) electrons. The van der Waals surface area contributed by atoms with E-state index in [1.807, 2.05) is 53.2 Å². The van der Waals surface area contributed by atoms with Gasteiger partial charge in [-0.2, -0.15) is 0 Å². The Hall–Kier alpha value is -3.23. The number of ether oxygens (including phenoxy) is 2. The predicted molar refractivity (Wildman–Crippen MR) is 128 cm³/mol. The SMILES string of the molecule is COC(=O)c1ccccc1-n1cccc1[C@H]1[C@H](c2ccccn2)NC(=S)N1C[C@@H]1CCCO1. The summed E-state index contributed by atoms with van der Waals surface area (Å²) in [5, 5.41) is 4.17. The number of hydrogen-bond acceptors (Lipinski definition) is 5. The lowest BCUT2D eigenvalue weighted by atomic mass is 10.0. The maximum atomic E-state index is 12.5. The third-order valence-electron chi connectivity index (χ3n) is 6.27. The zero-order valence-electron chi connectivity index (χ0n) is 18.4. The molecule has 0 amide bonds. The second-order valence-corrected chi connectivity index (χ2v) is 8.61. The number of methoxy groups -OCH3 is 1. The number of rotatable bonds is 6. The highest BCUT2D eigenvalue weighted by Crippen LogP contribution is 2.40. The van der Waals surface area contributed by atoms with Crippen molar-refractivity contribution in [2.45, 2.75) is 31.0 Å². The molecule has 4 heterocycles. The van der Waals surface area contributed by atoms with Gasteiger partial charge >= 0.3 is 5.97 Å². The van der Waals surface area contributed by atoms with E-state index < -0.39 is 0 Å². The van der Waals surface area contributed by atoms with Crippen molar-refractivity contribution >= 4 is 23.3 Å². The Bertz CT molecular complexity index is 1140. The molecule has 2 saturated heterocycles. The predicted octanol–water partition coefficient (Wildman–Crippen LogP) is 3.81. The molecule has 2 fully saturated rings. The number of pyridine rings is 1. The molecule has 2 aliphatic rings. The highest BCUT2D eigenvalue weighted by molar-refractivity contribution is 7.80. The van der Waals surface area contributed by atoms with Crippen LogP contribution in [0.3, 0.4) is 0 Å². The zero-order chi connectivity index (χ0) is 22.8. The first-order valence-corrected chi connectivity index (χ1v) is 11.5. The smallest absolute Gasteiger partial charge is 0.339 e. The van der Waals surface area contributed by atoms with Crippen molar-refractivity contribution in [3.63, 3.8) is 0 Å². The molecule has 170 valence electrons. The normalized spacial score (nSPS) is 22.4. The number of hydrogen-bond donors (Lipinski definition) is 1. The Morgan fingerprint density at radius 2 is 2.06 bits per heavy atom. The van der Waals surface area contributed by atoms with Crippen LogP contribution in [0.1, 0.15) is 46.7 Å². The molecular formula is C25H26N4O3S. The Morgan fingerprint density at radius 3 is 2.82 bits per heavy atom. The molecule has 3 atom stereocenters. The van der Waals surface area contributed by atoms with Gasteiger partial charge in [-0.3, -0.25) is 4.98 Å². The third-order valence-corrected chi connectivity index (χ3v) is 6.63. The van der Waals surface area contributed by atoms with Crippen LogP contribution in [-0.4, -0.2) is 51.9 Å². The summed E-state index contributed by atoms with van der Waals surface area (Å²) in [6.45, 7) is 1.49. The van der Waals surface area contributed by atoms with E-state index in [4.69, 9.17) is 21.7 Å². The summed E-state index contributed by atoms with van der Waals surface area (Å²) in [6, 6.07) is 17.2. The number of para-hydroxylation sites is 1. The fourth-order valence-electron chi connectivity index (χ4n) is 4.75. The average molecular weight is 463 g/mol. The monoisotopic (exact) mass is 462 g/mol. The van der Waals surface area contributed by atoms with E-state index in [0.29, 0.717) is 17.2 Å². The number of esters is 1. The molecule has 1 aromatic carbocycles. The molecule has 7 nitrogen and oxygen atoms in total. The van der Waals surface area contributed by atoms with Gasteiger partial charge in [0.1, 0.15) is 0 Å². The molecule has 0 unspecified atom stereocenters. The third kappa shape index (κ3) is 4.12. The van der Waals surface area contributed by atoms with Crippen LogP contribution < -0.4 is 5.32 Å². The van der Waals surface area contributed by atoms with Crippen molar-refractivity contribution in [1.29, 1.82) is 0 Å². The summed E-state index contributed by atoms with van der Waals surface area (Å²) in [4.78, 5) is 19.3. The first-order chi connectivity index (χ1) is 16.2. The van der Waals surface area contributed by atoms with Gasteiger partial charge in [0.05, 0.1) is 42.2 Å². The first kappa shape index (κ1) is 21.6. The van der Waals surface area contributed by atoms with Crippen LogP contribution >= 0.6 is 12.2 Å². The lowest BCUT2D eigenvalue weighted by Crippen LogP contribution is -2.36. The second kappa shape index (κ2) is 9.33. The Balaban J connectivity index is 1.60. The van der Waals surface area contributed by atoms with Gasteiger partial charge in [-0.05, 0) is 61.5 Å². The highest BCUT2D eigenvalue weighted by atomic mass is 32.1. The van der Waals surface area contributed by atoms with E-state index in [9.17, 15) is 4.79 Å². The van der Waals surface area contributed by atoms with Gasteiger partial charge in [0.15, 0.2) is 5.11 Å². The van der Waals surface area contributed by atoms with E-state index in [0.717, 1.165) is 36.5 Å². The van der Waals surface area contributed by atoms with Crippen molar-refractivity contribution in [3.8, 4) is 5.69 Å². The maximum Gasteiger partial charge on any atom is 0.339 e. The molecule has 1 N–H and O–H groups in total. The summed E-state index contributed by atoms with van der Waals surface area (Å²) in [6.07, 6.45) is 5.99. The molecule has 0 bridgehead atoms. The van der Waals surface area contributed by atoms with Crippen LogP contribution in [0.4, 0.5) is 0 Å². The first-order valence-electron chi connectivity index (χ1n) is 11.1. The van der Waals surface area contributed by atoms with Gasteiger partial charge in [0, 0.05) is 31.2 Å². The van der Waals surface area contributed by atoms with Gasteiger partial charge in [-0.25, -0.2) is 4.79 Å². The maximum absolute atomic E-state index is 12.5. The van der Waals surface area contributed by atoms with Gasteiger partial charge in [0.25, 0.3) is 0 Å². The van der Waals surface area contributed by atoms with Crippen molar-refractivity contribution in [2.24, 2.45) is 0 Å². The molecule has 5 rings (SSSR count). The number of carbonyl (C=O) groups is 1. The van der Waals surface area contributed by atoms with Crippen LogP contribution in [0.5, 0.6) is 0 Å². The van der Waals surface area contributed by atoms with Crippen molar-refractivity contribution in [3.05, 3.63) is 83.9 Å². The van der Waals surface area contributed by atoms with E-state index >= 15 is 0 Å². The van der Waals surface area contributed by atoms with E-state index in [2.05, 4.69) is 21.3 Å². The molecular weight excluding hydrogens is 436 g/mol. The minimum absolute atomic E-state index is 0.127. The lowest BCUT2D eigenvalue weighted by molar-refractivity contribution is 0.0600. The Kier molecular flexibility index (Phi) is 6.11. The molecule has 0 spiro atoms. The standard InChI is InChI=1S/C25H26N4O3S/c1-31-24(30)18-9-2-3-11-20(18)28-14-6-12-21(28)23-22(19-10-4-5-13-26-19)27-25(33)29(23)16-17-8-7-15-32-17/h2-6,9-14,17,22-23H,7-8,15-16H2,1H3,(H,27,33)/t17-,22-,23-/m0/s1. The number of carbonyl (C=O) groups excluding carboxylic acids is 1. The van der Waals surface area contributed by atoms with Crippen LogP contribution in [0.2, 0.25) is 0 Å². The topological polar surface area (TPSA) is 68.6 Å². The number of benzene rings is 1. The summed E-state index contributed by atoms with van der Waals surface area (Å²) < 4.78 is 13.0. The molecule has 8 heteroatoms. The number of nitrogens with one attached hydrogen (secondary N) is 1. The molecule has 0 saturated carbocycles. The Morgan fingerprint density at radius 1 is 1.21 bits per heavy atom. The van der Waals surface area contributed by atoms with E-state index in [-0.39, 0.29) is 24.2 Å². The number of aromatic nitrogens is 2. The Labute approximate surface area is 198 Å². The fourth-order valence-corrected chi connectivity index (χ4v) is 5.07. The fraction of sp³-hybridized carbons (Fsp3) is 0.320. The van der Waals surface area contributed by atoms with Crippen molar-refractivity contribution in [1.82, 2.24) is 19.8 Å². The van der Waals surface area contributed by atoms with Crippen LogP contribution in [0.15, 0.2) is 67.0 Å². The van der Waals surface area contributed by atoms with E-state index in [1.54, 1.807) is 12.3 Å². The molecule has 33 heavy (non-hydrogen) atoms. The summed E-state index contributed by atoms with van der Waals surface area (Å²) in [5.74, 6) is -0.372. The van der Waals surface area contributed by atoms with Gasteiger partial charge in [0.2, 0.25) is 0 Å². The highest BCUT2D eigenvalue weighted by Gasteiger charge is 2.42. The van der Waals surface area contributed by atoms with Crippen LogP contribution in [0.25, 0.3) is 5.69 Å². The van der Waals surface area contributed by atoms with Gasteiger partial charge in [-0.1, -0.05) is 18.2 Å². The summed E-state index contributed by atoms with van der Waals surface area (Å²) >= 11 is 5.80. The quantitative estimate of drug-likeness (QED) is 0.441. The molecule has 3 aromatic rings. The zero-order valence-corrected chi connectivity index (χ0v) is 19.2. The van der Waals surface area contributed by atoms with Gasteiger partial charge < -0.3 is 24.3 Å². The van der Waals surface area contributed by atoms with Crippen molar-refractivity contribution in [2.75, 3.05) is 20.3 Å². The average Bonchev–Trinajstić information content (AvgIpc) is 3.60. The minimum atomic E-state index is -0.372. The van der Waals surface area contributed by atoms with Gasteiger partial charge in [-0.15, -0.1) is 0 Å². The summed E-state index contributed by atoms with van der Waals surface area (Å²) in [5.41, 5.74) is 3.19.